The molecular formula is C17H22O5S3. The van der Waals surface area contributed by atoms with Crippen LogP contribution in [0.25, 0.3) is 0 Å². The largest absolute Gasteiger partial charge is 0.474 e. The van der Waals surface area contributed by atoms with Crippen LogP contribution in [0.1, 0.15) is 40.2 Å². The molecule has 1 aromatic rings. The van der Waals surface area contributed by atoms with E-state index in [0.29, 0.717) is 18.1 Å². The number of fused-ring (bicyclic) bond motifs is 2. The monoisotopic (exact) mass is 402 g/mol. The van der Waals surface area contributed by atoms with Crippen molar-refractivity contribution in [3.05, 3.63) is 5.56 Å². The third-order valence-electron chi connectivity index (χ3n) is 3.56. The number of ether oxygens (including phenoxy) is 3. The van der Waals surface area contributed by atoms with Gasteiger partial charge in [0.1, 0.15) is 0 Å². The van der Waals surface area contributed by atoms with E-state index < -0.39 is 9.87 Å². The third kappa shape index (κ3) is 3.72. The summed E-state index contributed by atoms with van der Waals surface area (Å²) < 4.78 is 17.3. The van der Waals surface area contributed by atoms with Crippen molar-refractivity contribution in [3.8, 4) is 11.5 Å². The molecule has 138 valence electrons. The molecule has 2 heterocycles. The van der Waals surface area contributed by atoms with Crippen LogP contribution >= 0.6 is 35.3 Å². The van der Waals surface area contributed by atoms with Gasteiger partial charge in [-0.25, -0.2) is 0 Å². The van der Waals surface area contributed by atoms with E-state index in [1.54, 1.807) is 30.4 Å². The smallest absolute Gasteiger partial charge is 0.316 e. The lowest BCUT2D eigenvalue weighted by Gasteiger charge is -2.19. The molecule has 0 aliphatic carbocycles. The van der Waals surface area contributed by atoms with Crippen LogP contribution < -0.4 is 9.47 Å². The highest BCUT2D eigenvalue weighted by Gasteiger charge is 2.43. The molecule has 0 atom stereocenters. The maximum Gasteiger partial charge on any atom is 0.316 e. The second kappa shape index (κ2) is 6.79. The normalized spacial score (nSPS) is 19.0. The average molecular weight is 403 g/mol. The molecule has 1 aromatic carbocycles. The molecule has 2 aliphatic heterocycles. The Morgan fingerprint density at radius 2 is 1.64 bits per heavy atom. The van der Waals surface area contributed by atoms with Crippen molar-refractivity contribution in [2.45, 2.75) is 65.8 Å². The number of carbonyl (C=O) groups is 1. The first-order valence-corrected chi connectivity index (χ1v) is 10.7. The molecule has 8 heteroatoms. The zero-order valence-corrected chi connectivity index (χ0v) is 17.4. The minimum absolute atomic E-state index is 0.0770. The number of carbonyl (C=O) groups excluding carboxylic acids is 1. The summed E-state index contributed by atoms with van der Waals surface area (Å²) in [6, 6.07) is 0. The van der Waals surface area contributed by atoms with Crippen molar-refractivity contribution < 1.29 is 24.1 Å². The van der Waals surface area contributed by atoms with Gasteiger partial charge in [-0.3, -0.25) is 4.79 Å². The zero-order valence-electron chi connectivity index (χ0n) is 14.9. The molecule has 0 saturated carbocycles. The van der Waals surface area contributed by atoms with E-state index in [1.165, 1.54) is 11.8 Å². The van der Waals surface area contributed by atoms with Gasteiger partial charge in [0.15, 0.2) is 21.4 Å². The van der Waals surface area contributed by atoms with E-state index in [1.807, 2.05) is 27.7 Å². The fourth-order valence-electron chi connectivity index (χ4n) is 2.72. The number of aliphatic hydroxyl groups is 1. The van der Waals surface area contributed by atoms with Crippen molar-refractivity contribution in [2.24, 2.45) is 0 Å². The summed E-state index contributed by atoms with van der Waals surface area (Å²) in [5.74, 6) is 1.32. The van der Waals surface area contributed by atoms with Gasteiger partial charge >= 0.3 is 5.97 Å². The number of hydrogen-bond donors (Lipinski definition) is 1. The number of thioether (sulfide) groups is 3. The summed E-state index contributed by atoms with van der Waals surface area (Å²) in [6.07, 6.45) is 0. The van der Waals surface area contributed by atoms with Crippen LogP contribution in [0.3, 0.4) is 0 Å². The van der Waals surface area contributed by atoms with Crippen LogP contribution in [0.2, 0.25) is 0 Å². The highest BCUT2D eigenvalue weighted by molar-refractivity contribution is 8.02. The van der Waals surface area contributed by atoms with Gasteiger partial charge in [-0.05, 0) is 34.6 Å². The molecule has 3 rings (SSSR count). The lowest BCUT2D eigenvalue weighted by atomic mass is 10.2. The average Bonchev–Trinajstić information content (AvgIpc) is 2.98. The SMILES string of the molecule is CCOC(=O)CSc1c2c(c(CO)c3c1OC(C)(C)S3)SC(C)(C)O2. The molecule has 25 heavy (non-hydrogen) atoms. The van der Waals surface area contributed by atoms with E-state index >= 15 is 0 Å². The molecule has 0 spiro atoms. The maximum atomic E-state index is 11.8. The Balaban J connectivity index is 2.06. The fraction of sp³-hybridized carbons (Fsp3) is 0.588. The number of aliphatic hydroxyl groups excluding tert-OH is 1. The predicted octanol–water partition coefficient (Wildman–Crippen LogP) is 4.28. The molecule has 0 fully saturated rings. The van der Waals surface area contributed by atoms with Crippen LogP contribution in [0.4, 0.5) is 0 Å². The summed E-state index contributed by atoms with van der Waals surface area (Å²) in [6.45, 7) is 10.0. The molecule has 5 nitrogen and oxygen atoms in total. The second-order valence-electron chi connectivity index (χ2n) is 6.58. The van der Waals surface area contributed by atoms with Gasteiger partial charge in [-0.1, -0.05) is 23.5 Å². The number of rotatable bonds is 5. The molecule has 2 aliphatic rings. The Kier molecular flexibility index (Phi) is 5.18. The van der Waals surface area contributed by atoms with E-state index in [0.717, 1.165) is 20.2 Å². The van der Waals surface area contributed by atoms with Crippen molar-refractivity contribution in [3.63, 3.8) is 0 Å². The molecule has 0 saturated heterocycles. The number of esters is 1. The summed E-state index contributed by atoms with van der Waals surface area (Å²) >= 11 is 4.54. The Morgan fingerprint density at radius 3 is 2.08 bits per heavy atom. The van der Waals surface area contributed by atoms with Crippen molar-refractivity contribution in [1.82, 2.24) is 0 Å². The van der Waals surface area contributed by atoms with Gasteiger partial charge in [0, 0.05) is 5.56 Å². The quantitative estimate of drug-likeness (QED) is 0.578. The molecule has 0 bridgehead atoms. The van der Waals surface area contributed by atoms with E-state index in [-0.39, 0.29) is 18.3 Å². The summed E-state index contributed by atoms with van der Waals surface area (Å²) in [5.41, 5.74) is 0.844. The van der Waals surface area contributed by atoms with E-state index in [2.05, 4.69) is 0 Å². The Hall–Kier alpha value is -0.700. The van der Waals surface area contributed by atoms with Crippen LogP contribution in [-0.4, -0.2) is 33.3 Å². The maximum absolute atomic E-state index is 11.8. The van der Waals surface area contributed by atoms with Gasteiger partial charge in [-0.15, -0.1) is 11.8 Å². The summed E-state index contributed by atoms with van der Waals surface area (Å²) in [5, 5.41) is 9.97. The first-order valence-electron chi connectivity index (χ1n) is 8.05. The van der Waals surface area contributed by atoms with Gasteiger partial charge in [0.2, 0.25) is 0 Å². The lowest BCUT2D eigenvalue weighted by Crippen LogP contribution is -2.19. The molecule has 0 unspecified atom stereocenters. The minimum Gasteiger partial charge on any atom is -0.474 e. The minimum atomic E-state index is -0.430. The van der Waals surface area contributed by atoms with Gasteiger partial charge in [-0.2, -0.15) is 0 Å². The molecule has 1 N–H and O–H groups in total. The Bertz CT molecular complexity index is 670. The van der Waals surface area contributed by atoms with Crippen LogP contribution in [0.15, 0.2) is 14.7 Å². The van der Waals surface area contributed by atoms with Crippen molar-refractivity contribution in [2.75, 3.05) is 12.4 Å². The first kappa shape index (κ1) is 19.1. The number of hydrogen-bond acceptors (Lipinski definition) is 8. The Morgan fingerprint density at radius 1 is 1.12 bits per heavy atom. The molecular weight excluding hydrogens is 380 g/mol. The first-order chi connectivity index (χ1) is 11.7. The third-order valence-corrected chi connectivity index (χ3v) is 7.02. The standard InChI is InChI=1S/C17H22O5S3/c1-6-20-10(19)8-23-15-11-13(24-16(2,3)21-11)9(7-18)14-12(15)22-17(4,5)25-14/h18H,6-8H2,1-5H3. The molecule has 0 aromatic heterocycles. The van der Waals surface area contributed by atoms with Crippen LogP contribution in [0.5, 0.6) is 11.5 Å². The summed E-state index contributed by atoms with van der Waals surface area (Å²) in [7, 11) is 0. The van der Waals surface area contributed by atoms with Gasteiger partial charge in [0.05, 0.1) is 33.7 Å². The van der Waals surface area contributed by atoms with E-state index in [4.69, 9.17) is 14.2 Å². The van der Waals surface area contributed by atoms with E-state index in [9.17, 15) is 9.90 Å². The predicted molar refractivity (Wildman–Crippen MR) is 101 cm³/mol. The van der Waals surface area contributed by atoms with Gasteiger partial charge < -0.3 is 19.3 Å². The highest BCUT2D eigenvalue weighted by Crippen LogP contribution is 2.62. The highest BCUT2D eigenvalue weighted by atomic mass is 32.2. The van der Waals surface area contributed by atoms with Gasteiger partial charge in [0.25, 0.3) is 0 Å². The Labute approximate surface area is 160 Å². The van der Waals surface area contributed by atoms with Crippen molar-refractivity contribution >= 4 is 41.3 Å². The van der Waals surface area contributed by atoms with Crippen LogP contribution in [0, 0.1) is 0 Å². The van der Waals surface area contributed by atoms with Crippen molar-refractivity contribution in [1.29, 1.82) is 0 Å². The molecule has 0 amide bonds. The lowest BCUT2D eigenvalue weighted by molar-refractivity contribution is -0.139. The van der Waals surface area contributed by atoms with Crippen LogP contribution in [-0.2, 0) is 16.1 Å². The molecule has 0 radical (unpaired) electrons. The topological polar surface area (TPSA) is 65.0 Å². The second-order valence-corrected chi connectivity index (χ2v) is 10.8. The zero-order chi connectivity index (χ0) is 18.4. The number of benzene rings is 1. The fourth-order valence-corrected chi connectivity index (χ4v) is 6.10. The summed E-state index contributed by atoms with van der Waals surface area (Å²) in [4.78, 5) is 13.6.